The van der Waals surface area contributed by atoms with Crippen LogP contribution in [0.2, 0.25) is 5.02 Å². The number of benzene rings is 2. The molecule has 0 unspecified atom stereocenters. The summed E-state index contributed by atoms with van der Waals surface area (Å²) in [4.78, 5) is 4.54. The van der Waals surface area contributed by atoms with E-state index in [1.165, 1.54) is 0 Å². The highest BCUT2D eigenvalue weighted by Crippen LogP contribution is 2.27. The van der Waals surface area contributed by atoms with Gasteiger partial charge in [0.2, 0.25) is 0 Å². The zero-order valence-corrected chi connectivity index (χ0v) is 12.5. The zero-order chi connectivity index (χ0) is 15.1. The molecule has 4 rings (SSSR count). The molecule has 1 N–H and O–H groups in total. The van der Waals surface area contributed by atoms with Gasteiger partial charge in [0.05, 0.1) is 5.52 Å². The Kier molecular flexibility index (Phi) is 2.94. The number of nitrogens with zero attached hydrogens (tertiary/aromatic N) is 4. The van der Waals surface area contributed by atoms with Crippen molar-refractivity contribution in [1.29, 1.82) is 0 Å². The lowest BCUT2D eigenvalue weighted by Gasteiger charge is -2.08. The van der Waals surface area contributed by atoms with Gasteiger partial charge in [0.25, 0.3) is 5.78 Å². The summed E-state index contributed by atoms with van der Waals surface area (Å²) in [5, 5.41) is 13.3. The molecule has 0 saturated heterocycles. The first-order chi connectivity index (χ1) is 10.8. The number of anilines is 1. The summed E-state index contributed by atoms with van der Waals surface area (Å²) in [6.45, 7) is 0. The molecule has 5 nitrogen and oxygen atoms in total. The average Bonchev–Trinajstić information content (AvgIpc) is 2.98. The Bertz CT molecular complexity index is 992. The van der Waals surface area contributed by atoms with Crippen molar-refractivity contribution >= 4 is 34.1 Å². The topological polar surface area (TPSA) is 55.1 Å². The van der Waals surface area contributed by atoms with Gasteiger partial charge in [-0.1, -0.05) is 35.9 Å². The lowest BCUT2D eigenvalue weighted by atomic mass is 10.2. The minimum atomic E-state index is 0.554. The SMILES string of the molecule is CNc1nc2nnc(-c3cccc(Cl)c3)n2c2ccccc12. The normalized spacial score (nSPS) is 11.2. The van der Waals surface area contributed by atoms with E-state index in [0.717, 1.165) is 28.1 Å². The largest absolute Gasteiger partial charge is 0.372 e. The molecule has 0 aliphatic carbocycles. The van der Waals surface area contributed by atoms with Gasteiger partial charge in [0.15, 0.2) is 5.82 Å². The summed E-state index contributed by atoms with van der Waals surface area (Å²) < 4.78 is 1.95. The van der Waals surface area contributed by atoms with Crippen molar-refractivity contribution in [1.82, 2.24) is 19.6 Å². The Morgan fingerprint density at radius 2 is 1.91 bits per heavy atom. The molecule has 2 heterocycles. The maximum absolute atomic E-state index is 6.10. The first kappa shape index (κ1) is 13.0. The molecule has 0 aliphatic rings. The second kappa shape index (κ2) is 4.96. The molecule has 0 radical (unpaired) electrons. The molecule has 0 fully saturated rings. The summed E-state index contributed by atoms with van der Waals surface area (Å²) in [5.74, 6) is 2.06. The van der Waals surface area contributed by atoms with Crippen molar-refractivity contribution in [2.45, 2.75) is 0 Å². The molecule has 2 aromatic heterocycles. The highest BCUT2D eigenvalue weighted by molar-refractivity contribution is 6.30. The standard InChI is InChI=1S/C16H12ClN5/c1-18-14-12-7-2-3-8-13(12)22-15(20-21-16(22)19-14)10-5-4-6-11(17)9-10/h2-9H,1H3,(H,18,19,21). The number of para-hydroxylation sites is 1. The molecular weight excluding hydrogens is 298 g/mol. The van der Waals surface area contributed by atoms with Crippen LogP contribution in [0.15, 0.2) is 48.5 Å². The van der Waals surface area contributed by atoms with Crippen LogP contribution in [0.3, 0.4) is 0 Å². The first-order valence-electron chi connectivity index (χ1n) is 6.85. The minimum absolute atomic E-state index is 0.554. The van der Waals surface area contributed by atoms with E-state index in [9.17, 15) is 0 Å². The van der Waals surface area contributed by atoms with Crippen molar-refractivity contribution in [3.8, 4) is 11.4 Å². The molecule has 0 aliphatic heterocycles. The molecule has 0 amide bonds. The molecule has 0 atom stereocenters. The lowest BCUT2D eigenvalue weighted by Crippen LogP contribution is -2.00. The van der Waals surface area contributed by atoms with Crippen LogP contribution in [0.25, 0.3) is 28.1 Å². The van der Waals surface area contributed by atoms with Crippen LogP contribution in [-0.4, -0.2) is 26.6 Å². The first-order valence-corrected chi connectivity index (χ1v) is 7.23. The average molecular weight is 310 g/mol. The van der Waals surface area contributed by atoms with Gasteiger partial charge in [-0.25, -0.2) is 0 Å². The number of aromatic nitrogens is 4. The minimum Gasteiger partial charge on any atom is -0.372 e. The van der Waals surface area contributed by atoms with E-state index < -0.39 is 0 Å². The van der Waals surface area contributed by atoms with Gasteiger partial charge in [0.1, 0.15) is 5.82 Å². The van der Waals surface area contributed by atoms with E-state index in [0.29, 0.717) is 10.8 Å². The van der Waals surface area contributed by atoms with Gasteiger partial charge in [0, 0.05) is 23.0 Å². The second-order valence-corrected chi connectivity index (χ2v) is 5.33. The summed E-state index contributed by atoms with van der Waals surface area (Å²) in [6.07, 6.45) is 0. The van der Waals surface area contributed by atoms with E-state index in [1.54, 1.807) is 0 Å². The fourth-order valence-corrected chi connectivity index (χ4v) is 2.79. The number of rotatable bonds is 2. The molecule has 108 valence electrons. The van der Waals surface area contributed by atoms with E-state index in [-0.39, 0.29) is 0 Å². The van der Waals surface area contributed by atoms with Crippen LogP contribution in [0.5, 0.6) is 0 Å². The van der Waals surface area contributed by atoms with Crippen LogP contribution in [0.4, 0.5) is 5.82 Å². The predicted octanol–water partition coefficient (Wildman–Crippen LogP) is 3.64. The summed E-state index contributed by atoms with van der Waals surface area (Å²) >= 11 is 6.10. The van der Waals surface area contributed by atoms with Crippen molar-refractivity contribution in [2.75, 3.05) is 12.4 Å². The van der Waals surface area contributed by atoms with Crippen LogP contribution in [0, 0.1) is 0 Å². The fraction of sp³-hybridized carbons (Fsp3) is 0.0625. The van der Waals surface area contributed by atoms with Crippen LogP contribution >= 0.6 is 11.6 Å². The van der Waals surface area contributed by atoms with Gasteiger partial charge in [-0.3, -0.25) is 4.40 Å². The number of hydrogen-bond donors (Lipinski definition) is 1. The van der Waals surface area contributed by atoms with Gasteiger partial charge < -0.3 is 5.32 Å². The van der Waals surface area contributed by atoms with Crippen LogP contribution in [-0.2, 0) is 0 Å². The Hall–Kier alpha value is -2.66. The van der Waals surface area contributed by atoms with Crippen molar-refractivity contribution in [2.24, 2.45) is 0 Å². The molecule has 4 aromatic rings. The maximum atomic E-state index is 6.10. The molecular formula is C16H12ClN5. The van der Waals surface area contributed by atoms with Crippen molar-refractivity contribution in [3.05, 3.63) is 53.6 Å². The Labute approximate surface area is 131 Å². The third kappa shape index (κ3) is 1.90. The number of hydrogen-bond acceptors (Lipinski definition) is 4. The zero-order valence-electron chi connectivity index (χ0n) is 11.8. The lowest BCUT2D eigenvalue weighted by molar-refractivity contribution is 1.10. The van der Waals surface area contributed by atoms with Gasteiger partial charge in [-0.2, -0.15) is 4.98 Å². The Morgan fingerprint density at radius 3 is 2.73 bits per heavy atom. The summed E-state index contributed by atoms with van der Waals surface area (Å²) in [7, 11) is 1.85. The van der Waals surface area contributed by atoms with E-state index >= 15 is 0 Å². The molecule has 2 aromatic carbocycles. The Morgan fingerprint density at radius 1 is 1.05 bits per heavy atom. The molecule has 0 saturated carbocycles. The molecule has 0 spiro atoms. The number of fused-ring (bicyclic) bond motifs is 3. The van der Waals surface area contributed by atoms with Gasteiger partial charge in [-0.15, -0.1) is 10.2 Å². The monoisotopic (exact) mass is 309 g/mol. The van der Waals surface area contributed by atoms with Gasteiger partial charge in [-0.05, 0) is 24.3 Å². The summed E-state index contributed by atoms with van der Waals surface area (Å²) in [6, 6.07) is 15.6. The van der Waals surface area contributed by atoms with E-state index in [2.05, 4.69) is 20.5 Å². The molecule has 22 heavy (non-hydrogen) atoms. The quantitative estimate of drug-likeness (QED) is 0.614. The smallest absolute Gasteiger partial charge is 0.257 e. The number of nitrogens with one attached hydrogen (secondary N) is 1. The van der Waals surface area contributed by atoms with Crippen LogP contribution < -0.4 is 5.32 Å². The predicted molar refractivity (Wildman–Crippen MR) is 88.3 cm³/mol. The summed E-state index contributed by atoms with van der Waals surface area (Å²) in [5.41, 5.74) is 1.90. The molecule has 6 heteroatoms. The molecule has 0 bridgehead atoms. The highest BCUT2D eigenvalue weighted by Gasteiger charge is 2.14. The third-order valence-electron chi connectivity index (χ3n) is 3.58. The van der Waals surface area contributed by atoms with Crippen molar-refractivity contribution in [3.63, 3.8) is 0 Å². The number of halogens is 1. The fourth-order valence-electron chi connectivity index (χ4n) is 2.60. The van der Waals surface area contributed by atoms with E-state index in [1.807, 2.05) is 60.0 Å². The third-order valence-corrected chi connectivity index (χ3v) is 3.81. The second-order valence-electron chi connectivity index (χ2n) is 4.90. The maximum Gasteiger partial charge on any atom is 0.257 e. The van der Waals surface area contributed by atoms with Crippen LogP contribution in [0.1, 0.15) is 0 Å². The van der Waals surface area contributed by atoms with E-state index in [4.69, 9.17) is 11.6 Å². The highest BCUT2D eigenvalue weighted by atomic mass is 35.5. The Balaban J connectivity index is 2.12. The van der Waals surface area contributed by atoms with Crippen molar-refractivity contribution < 1.29 is 0 Å². The van der Waals surface area contributed by atoms with Gasteiger partial charge >= 0.3 is 0 Å².